The van der Waals surface area contributed by atoms with Crippen molar-refractivity contribution in [1.82, 2.24) is 4.90 Å². The number of carbonyl (C=O) groups excluding carboxylic acids is 1. The Morgan fingerprint density at radius 1 is 0.968 bits per heavy atom. The van der Waals surface area contributed by atoms with Gasteiger partial charge < -0.3 is 4.74 Å². The van der Waals surface area contributed by atoms with Crippen molar-refractivity contribution in [2.45, 2.75) is 30.4 Å². The predicted molar refractivity (Wildman–Crippen MR) is 129 cm³/mol. The first-order chi connectivity index (χ1) is 15.2. The summed E-state index contributed by atoms with van der Waals surface area (Å²) >= 11 is 1.76. The molecule has 31 heavy (non-hydrogen) atoms. The molecule has 0 aromatic heterocycles. The summed E-state index contributed by atoms with van der Waals surface area (Å²) in [5.74, 6) is 0. The van der Waals surface area contributed by atoms with E-state index in [2.05, 4.69) is 40.7 Å². The van der Waals surface area contributed by atoms with Gasteiger partial charge >= 0.3 is 6.09 Å². The van der Waals surface area contributed by atoms with Gasteiger partial charge in [0.2, 0.25) is 0 Å². The molecule has 1 aliphatic heterocycles. The molecule has 1 fully saturated rings. The van der Waals surface area contributed by atoms with Crippen LogP contribution in [-0.2, 0) is 11.3 Å². The number of benzene rings is 3. The molecule has 0 unspecified atom stereocenters. The molecule has 0 aliphatic carbocycles. The Bertz CT molecular complexity index is 984. The van der Waals surface area contributed by atoms with Gasteiger partial charge in [-0.25, -0.2) is 4.79 Å². The van der Waals surface area contributed by atoms with Crippen molar-refractivity contribution >= 4 is 23.5 Å². The number of anilines is 1. The second kappa shape index (κ2) is 10.5. The van der Waals surface area contributed by atoms with Crippen LogP contribution in [-0.4, -0.2) is 36.4 Å². The molecule has 0 spiro atoms. The van der Waals surface area contributed by atoms with Gasteiger partial charge in [0.1, 0.15) is 6.10 Å². The first-order valence-corrected chi connectivity index (χ1v) is 11.9. The lowest BCUT2D eigenvalue weighted by molar-refractivity contribution is 0.0567. The number of carbonyl (C=O) groups is 1. The number of hydrogen-bond donors (Lipinski definition) is 1. The van der Waals surface area contributed by atoms with Crippen molar-refractivity contribution in [3.63, 3.8) is 0 Å². The first kappa shape index (κ1) is 21.5. The van der Waals surface area contributed by atoms with Gasteiger partial charge in [0.25, 0.3) is 0 Å². The number of hydrogen-bond acceptors (Lipinski definition) is 4. The monoisotopic (exact) mass is 432 g/mol. The number of ether oxygens (including phenoxy) is 1. The Morgan fingerprint density at radius 2 is 1.65 bits per heavy atom. The Balaban J connectivity index is 1.28. The Hall–Kier alpha value is -2.76. The molecule has 0 saturated carbocycles. The van der Waals surface area contributed by atoms with Crippen molar-refractivity contribution in [2.24, 2.45) is 0 Å². The molecule has 0 bridgehead atoms. The van der Waals surface area contributed by atoms with Crippen LogP contribution in [0.5, 0.6) is 0 Å². The summed E-state index contributed by atoms with van der Waals surface area (Å²) in [7, 11) is 0. The number of nitrogens with zero attached hydrogens (tertiary/aromatic N) is 1. The van der Waals surface area contributed by atoms with Crippen molar-refractivity contribution in [2.75, 3.05) is 24.7 Å². The summed E-state index contributed by atoms with van der Waals surface area (Å²) in [6.45, 7) is 2.81. The van der Waals surface area contributed by atoms with Gasteiger partial charge in [-0.05, 0) is 48.4 Å². The molecule has 1 aliphatic rings. The smallest absolute Gasteiger partial charge is 0.411 e. The van der Waals surface area contributed by atoms with Crippen LogP contribution in [0.15, 0.2) is 83.8 Å². The summed E-state index contributed by atoms with van der Waals surface area (Å²) < 4.78 is 5.74. The van der Waals surface area contributed by atoms with Gasteiger partial charge in [-0.3, -0.25) is 10.2 Å². The number of piperidine rings is 1. The molecule has 4 rings (SSSR count). The summed E-state index contributed by atoms with van der Waals surface area (Å²) in [6.07, 6.45) is 3.39. The third-order valence-electron chi connectivity index (χ3n) is 5.62. The van der Waals surface area contributed by atoms with Crippen molar-refractivity contribution in [3.8, 4) is 11.1 Å². The van der Waals surface area contributed by atoms with Crippen molar-refractivity contribution < 1.29 is 9.53 Å². The summed E-state index contributed by atoms with van der Waals surface area (Å²) in [5, 5.41) is 2.94. The largest absolute Gasteiger partial charge is 0.446 e. The van der Waals surface area contributed by atoms with Gasteiger partial charge in [-0.1, -0.05) is 60.7 Å². The van der Waals surface area contributed by atoms with Gasteiger partial charge in [0.05, 0.1) is 5.69 Å². The molecule has 0 radical (unpaired) electrons. The predicted octanol–water partition coefficient (Wildman–Crippen LogP) is 6.29. The number of thioether (sulfide) groups is 1. The molecule has 5 heteroatoms. The number of rotatable bonds is 6. The molecule has 4 nitrogen and oxygen atoms in total. The van der Waals surface area contributed by atoms with E-state index in [1.54, 1.807) is 11.8 Å². The fraction of sp³-hybridized carbons (Fsp3) is 0.269. The zero-order valence-corrected chi connectivity index (χ0v) is 18.6. The lowest BCUT2D eigenvalue weighted by Gasteiger charge is -2.31. The van der Waals surface area contributed by atoms with Crippen molar-refractivity contribution in [3.05, 3.63) is 84.4 Å². The lowest BCUT2D eigenvalue weighted by Crippen LogP contribution is -2.38. The molecule has 1 amide bonds. The fourth-order valence-corrected chi connectivity index (χ4v) is 4.33. The van der Waals surface area contributed by atoms with E-state index in [4.69, 9.17) is 4.74 Å². The minimum atomic E-state index is -0.380. The van der Waals surface area contributed by atoms with Crippen LogP contribution in [0.3, 0.4) is 0 Å². The topological polar surface area (TPSA) is 41.6 Å². The average molecular weight is 433 g/mol. The third-order valence-corrected chi connectivity index (χ3v) is 6.37. The first-order valence-electron chi connectivity index (χ1n) is 10.7. The van der Waals surface area contributed by atoms with Crippen LogP contribution >= 0.6 is 11.8 Å². The summed E-state index contributed by atoms with van der Waals surface area (Å²) in [5.41, 5.74) is 4.15. The third kappa shape index (κ3) is 5.90. The number of para-hydroxylation sites is 1. The molecule has 1 heterocycles. The maximum absolute atomic E-state index is 12.5. The Labute approximate surface area is 188 Å². The molecular formula is C26H28N2O2S. The van der Waals surface area contributed by atoms with Gasteiger partial charge in [-0.15, -0.1) is 11.8 Å². The van der Waals surface area contributed by atoms with E-state index in [1.165, 1.54) is 10.5 Å². The molecule has 1 saturated heterocycles. The summed E-state index contributed by atoms with van der Waals surface area (Å²) in [6, 6.07) is 26.6. The van der Waals surface area contributed by atoms with Crippen molar-refractivity contribution in [1.29, 1.82) is 0 Å². The molecule has 160 valence electrons. The quantitative estimate of drug-likeness (QED) is 0.465. The van der Waals surface area contributed by atoms with Crippen LogP contribution in [0.25, 0.3) is 11.1 Å². The highest BCUT2D eigenvalue weighted by Crippen LogP contribution is 2.28. The molecule has 3 aromatic rings. The minimum Gasteiger partial charge on any atom is -0.446 e. The lowest BCUT2D eigenvalue weighted by atomic mass is 10.0. The van der Waals surface area contributed by atoms with E-state index in [1.807, 2.05) is 54.6 Å². The van der Waals surface area contributed by atoms with Gasteiger partial charge in [0.15, 0.2) is 0 Å². The van der Waals surface area contributed by atoms with Crippen LogP contribution in [0, 0.1) is 0 Å². The second-order valence-corrected chi connectivity index (χ2v) is 8.65. The van der Waals surface area contributed by atoms with E-state index in [0.29, 0.717) is 0 Å². The molecule has 1 N–H and O–H groups in total. The number of amides is 1. The van der Waals surface area contributed by atoms with E-state index in [-0.39, 0.29) is 12.2 Å². The average Bonchev–Trinajstić information content (AvgIpc) is 2.82. The van der Waals surface area contributed by atoms with Crippen LogP contribution in [0.1, 0.15) is 18.4 Å². The fourth-order valence-electron chi connectivity index (χ4n) is 3.93. The highest BCUT2D eigenvalue weighted by molar-refractivity contribution is 7.98. The maximum atomic E-state index is 12.5. The second-order valence-electron chi connectivity index (χ2n) is 7.77. The normalized spacial score (nSPS) is 14.9. The summed E-state index contributed by atoms with van der Waals surface area (Å²) in [4.78, 5) is 16.3. The highest BCUT2D eigenvalue weighted by atomic mass is 32.2. The SMILES string of the molecule is CSc1ccc(CN2CCC(OC(=O)Nc3ccccc3-c3ccccc3)CC2)cc1. The van der Waals surface area contributed by atoms with E-state index in [9.17, 15) is 4.79 Å². The highest BCUT2D eigenvalue weighted by Gasteiger charge is 2.22. The molecule has 3 aromatic carbocycles. The van der Waals surface area contributed by atoms with E-state index >= 15 is 0 Å². The van der Waals surface area contributed by atoms with Crippen LogP contribution < -0.4 is 5.32 Å². The number of likely N-dealkylation sites (tertiary alicyclic amines) is 1. The number of nitrogens with one attached hydrogen (secondary N) is 1. The minimum absolute atomic E-state index is 0.0426. The molecule has 0 atom stereocenters. The maximum Gasteiger partial charge on any atom is 0.411 e. The Kier molecular flexibility index (Phi) is 7.28. The van der Waals surface area contributed by atoms with E-state index < -0.39 is 0 Å². The van der Waals surface area contributed by atoms with Gasteiger partial charge in [0, 0.05) is 30.1 Å². The van der Waals surface area contributed by atoms with Crippen LogP contribution in [0.2, 0.25) is 0 Å². The van der Waals surface area contributed by atoms with Crippen LogP contribution in [0.4, 0.5) is 10.5 Å². The standard InChI is InChI=1S/C26H28N2O2S/c1-31-23-13-11-20(12-14-23)19-28-17-15-22(16-18-28)30-26(29)27-25-10-6-5-9-24(25)21-7-3-2-4-8-21/h2-14,22H,15-19H2,1H3,(H,27,29). The zero-order chi connectivity index (χ0) is 21.5. The van der Waals surface area contributed by atoms with Gasteiger partial charge in [-0.2, -0.15) is 0 Å². The van der Waals surface area contributed by atoms with E-state index in [0.717, 1.165) is 49.3 Å². The Morgan fingerprint density at radius 3 is 2.35 bits per heavy atom. The molecular weight excluding hydrogens is 404 g/mol. The zero-order valence-electron chi connectivity index (χ0n) is 17.8.